The third kappa shape index (κ3) is 7.61. The van der Waals surface area contributed by atoms with Gasteiger partial charge in [-0.2, -0.15) is 0 Å². The van der Waals surface area contributed by atoms with Crippen LogP contribution in [0.25, 0.3) is 0 Å². The fraction of sp³-hybridized carbons (Fsp3) is 0.550. The van der Waals surface area contributed by atoms with Crippen molar-refractivity contribution < 1.29 is 32.1 Å². The maximum atomic E-state index is 12.7. The number of allylic oxidation sites excluding steroid dienone is 2. The van der Waals surface area contributed by atoms with Gasteiger partial charge < -0.3 is 18.9 Å². The Balaban J connectivity index is -0.00000157. The molecule has 3 rings (SSSR count). The minimum Gasteiger partial charge on any atom is -1.00 e. The van der Waals surface area contributed by atoms with Gasteiger partial charge in [-0.05, 0) is 68.4 Å². The summed E-state index contributed by atoms with van der Waals surface area (Å²) >= 11 is 0. The van der Waals surface area contributed by atoms with Crippen LogP contribution in [0.1, 0.15) is 47.8 Å². The number of nitrogens with one attached hydrogen (secondary N) is 1. The molecule has 2 aliphatic carbocycles. The summed E-state index contributed by atoms with van der Waals surface area (Å²) in [5.41, 5.74) is 0. The summed E-state index contributed by atoms with van der Waals surface area (Å²) < 4.78 is 28.4. The van der Waals surface area contributed by atoms with Gasteiger partial charge in [0.25, 0.3) is 0 Å². The molecule has 1 aromatic carbocycles. The molecule has 0 spiro atoms. The molecule has 4 atom stereocenters. The van der Waals surface area contributed by atoms with Crippen molar-refractivity contribution in [2.24, 2.45) is 17.8 Å². The minimum absolute atomic E-state index is 0. The van der Waals surface area contributed by atoms with E-state index in [9.17, 15) is 13.2 Å². The summed E-state index contributed by atoms with van der Waals surface area (Å²) in [4.78, 5) is 10.9. The zero-order valence-electron chi connectivity index (χ0n) is 18.6. The molecular weight excluding hydrogens is 422 g/mol. The van der Waals surface area contributed by atoms with Crippen LogP contribution < -0.4 is 4.72 Å². The zero-order valence-corrected chi connectivity index (χ0v) is 19.6. The second-order valence-corrected chi connectivity index (χ2v) is 9.16. The fourth-order valence-corrected chi connectivity index (χ4v) is 5.90. The molecule has 162 valence electrons. The summed E-state index contributed by atoms with van der Waals surface area (Å²) in [6.45, 7) is 0. The first-order valence-electron chi connectivity index (χ1n) is 9.41. The number of carboxylic acids is 1. The van der Waals surface area contributed by atoms with Crippen LogP contribution in [0.15, 0.2) is 47.4 Å². The predicted octanol–water partition coefficient (Wildman–Crippen LogP) is 1.78. The average molecular weight is 456 g/mol. The van der Waals surface area contributed by atoms with E-state index in [0.717, 1.165) is 25.7 Å². The van der Waals surface area contributed by atoms with E-state index in [4.69, 9.17) is 5.11 Å². The van der Waals surface area contributed by atoms with Gasteiger partial charge in [0.15, 0.2) is 0 Å². The second kappa shape index (κ2) is 13.0. The number of unbranched alkanes of at least 4 members (excludes halogenated alkanes) is 1. The molecule has 0 unspecified atom stereocenters. The Morgan fingerprint density at radius 2 is 1.79 bits per heavy atom. The molecule has 0 aromatic heterocycles. The second-order valence-electron chi connectivity index (χ2n) is 7.45. The summed E-state index contributed by atoms with van der Waals surface area (Å²) in [6, 6.07) is 8.57. The molecule has 9 heteroatoms. The van der Waals surface area contributed by atoms with E-state index in [2.05, 4.69) is 10.8 Å². The van der Waals surface area contributed by atoms with Crippen molar-refractivity contribution in [2.75, 3.05) is 0 Å². The molecule has 0 radical (unpaired) electrons. The summed E-state index contributed by atoms with van der Waals surface area (Å²) in [6.07, 6.45) is 10.00. The largest absolute Gasteiger partial charge is 2.00 e. The Morgan fingerprint density at radius 1 is 1.14 bits per heavy atom. The van der Waals surface area contributed by atoms with Crippen LogP contribution in [0.3, 0.4) is 0 Å². The summed E-state index contributed by atoms with van der Waals surface area (Å²) in [5.74, 6) is 0.598. The van der Waals surface area contributed by atoms with Gasteiger partial charge in [0.2, 0.25) is 10.0 Å². The molecule has 1 aromatic rings. The molecular formula is C20H33CaNO6S. The van der Waals surface area contributed by atoms with Crippen LogP contribution >= 0.6 is 0 Å². The fourth-order valence-electron chi connectivity index (χ4n) is 4.52. The molecule has 2 aliphatic rings. The number of hydrogen-bond acceptors (Lipinski definition) is 3. The molecule has 0 heterocycles. The van der Waals surface area contributed by atoms with Crippen LogP contribution in [0.5, 0.6) is 0 Å². The van der Waals surface area contributed by atoms with E-state index in [1.54, 1.807) is 24.3 Å². The number of fused-ring (bicyclic) bond motifs is 2. The van der Waals surface area contributed by atoms with E-state index < -0.39 is 16.0 Å². The van der Waals surface area contributed by atoms with Crippen LogP contribution in [0, 0.1) is 17.8 Å². The molecule has 0 saturated heterocycles. The van der Waals surface area contributed by atoms with Crippen LogP contribution in [-0.4, -0.2) is 74.2 Å². The van der Waals surface area contributed by atoms with Gasteiger partial charge in [-0.3, -0.25) is 4.79 Å². The van der Waals surface area contributed by atoms with Gasteiger partial charge in [-0.15, -0.1) is 0 Å². The first kappa shape index (κ1) is 28.5. The zero-order chi connectivity index (χ0) is 18.6. The smallest absolute Gasteiger partial charge is 1.00 e. The molecule has 2 saturated carbocycles. The monoisotopic (exact) mass is 455 g/mol. The first-order chi connectivity index (χ1) is 12.5. The number of carbonyl (C=O) groups is 1. The molecule has 6 N–H and O–H groups in total. The SMILES string of the molecule is O.O.O=C(O)CCC/C=C\C[C@H]1[C@@H]2CC[C@@H](C2)[C@@H]1NS(=O)(=O)c1ccccc1.[Ca+2].[H-].[H-]. The van der Waals surface area contributed by atoms with Crippen molar-refractivity contribution in [3.8, 4) is 0 Å². The van der Waals surface area contributed by atoms with Crippen molar-refractivity contribution in [3.05, 3.63) is 42.5 Å². The first-order valence-corrected chi connectivity index (χ1v) is 10.9. The topological polar surface area (TPSA) is 146 Å². The number of benzene rings is 1. The molecule has 0 aliphatic heterocycles. The van der Waals surface area contributed by atoms with Gasteiger partial charge >= 0.3 is 43.7 Å². The third-order valence-electron chi connectivity index (χ3n) is 5.77. The van der Waals surface area contributed by atoms with Crippen molar-refractivity contribution in [3.63, 3.8) is 0 Å². The summed E-state index contributed by atoms with van der Waals surface area (Å²) in [7, 11) is -3.49. The van der Waals surface area contributed by atoms with E-state index in [1.807, 2.05) is 12.1 Å². The normalized spacial score (nSPS) is 25.1. The van der Waals surface area contributed by atoms with Crippen LogP contribution in [0.4, 0.5) is 0 Å². The van der Waals surface area contributed by atoms with Crippen molar-refractivity contribution in [2.45, 2.75) is 55.9 Å². The molecule has 2 bridgehead atoms. The Hall–Kier alpha value is -0.480. The van der Waals surface area contributed by atoms with Crippen LogP contribution in [-0.2, 0) is 14.8 Å². The van der Waals surface area contributed by atoms with Gasteiger partial charge in [0.05, 0.1) is 4.90 Å². The molecule has 0 amide bonds. The van der Waals surface area contributed by atoms with Crippen molar-refractivity contribution >= 4 is 53.7 Å². The average Bonchev–Trinajstić information content (AvgIpc) is 3.20. The molecule has 7 nitrogen and oxygen atoms in total. The van der Waals surface area contributed by atoms with Crippen molar-refractivity contribution in [1.29, 1.82) is 0 Å². The van der Waals surface area contributed by atoms with Gasteiger partial charge in [0, 0.05) is 12.5 Å². The number of sulfonamides is 1. The number of aliphatic carboxylic acids is 1. The van der Waals surface area contributed by atoms with Gasteiger partial charge in [-0.1, -0.05) is 30.4 Å². The van der Waals surface area contributed by atoms with E-state index >= 15 is 0 Å². The van der Waals surface area contributed by atoms with Crippen LogP contribution in [0.2, 0.25) is 0 Å². The molecule has 29 heavy (non-hydrogen) atoms. The minimum atomic E-state index is -3.49. The quantitative estimate of drug-likeness (QED) is 0.332. The maximum absolute atomic E-state index is 12.7. The third-order valence-corrected chi connectivity index (χ3v) is 7.24. The number of rotatable bonds is 9. The standard InChI is InChI=1S/C20H27NO4S.Ca.2H2O.2H/c22-19(23)11-7-2-1-6-10-18-15-12-13-16(14-15)20(18)21-26(24,25)17-8-4-3-5-9-17;;;;;/h1,3-6,8-9,15-16,18,20-21H,2,7,10-14H2,(H,22,23);;2*1H2;;/q;+2;;;2*-1/b6-1-;;;;;/t15-,16+,18+,20+;;;;;/m1...../s1. The van der Waals surface area contributed by atoms with E-state index in [-0.39, 0.29) is 64.0 Å². The Morgan fingerprint density at radius 3 is 2.45 bits per heavy atom. The maximum Gasteiger partial charge on any atom is 2.00 e. The molecule has 2 fully saturated rings. The number of carboxylic acid groups (broad SMARTS) is 1. The Labute approximate surface area is 205 Å². The van der Waals surface area contributed by atoms with E-state index in [0.29, 0.717) is 29.1 Å². The Kier molecular flexibility index (Phi) is 12.8. The number of hydrogen-bond donors (Lipinski definition) is 2. The van der Waals surface area contributed by atoms with E-state index in [1.165, 1.54) is 6.42 Å². The van der Waals surface area contributed by atoms with Gasteiger partial charge in [0.1, 0.15) is 0 Å². The summed E-state index contributed by atoms with van der Waals surface area (Å²) in [5, 5.41) is 8.66. The van der Waals surface area contributed by atoms with Gasteiger partial charge in [-0.25, -0.2) is 13.1 Å². The van der Waals surface area contributed by atoms with Crippen molar-refractivity contribution in [1.82, 2.24) is 4.72 Å². The predicted molar refractivity (Wildman–Crippen MR) is 115 cm³/mol. The Bertz CT molecular complexity index is 766.